The van der Waals surface area contributed by atoms with Crippen LogP contribution in [-0.2, 0) is 9.53 Å². The van der Waals surface area contributed by atoms with E-state index in [1.807, 2.05) is 0 Å². The van der Waals surface area contributed by atoms with Crippen molar-refractivity contribution in [2.24, 2.45) is 0 Å². The number of amides is 2. The van der Waals surface area contributed by atoms with Gasteiger partial charge in [-0.3, -0.25) is 4.79 Å². The Hall–Kier alpha value is -2.35. The summed E-state index contributed by atoms with van der Waals surface area (Å²) in [4.78, 5) is 26.7. The van der Waals surface area contributed by atoms with E-state index >= 15 is 0 Å². The van der Waals surface area contributed by atoms with Gasteiger partial charge in [0.15, 0.2) is 0 Å². The van der Waals surface area contributed by atoms with Crippen molar-refractivity contribution in [3.05, 3.63) is 30.1 Å². The molecule has 1 aromatic carbocycles. The van der Waals surface area contributed by atoms with Gasteiger partial charge < -0.3 is 24.8 Å². The highest BCUT2D eigenvalue weighted by Gasteiger charge is 2.39. The van der Waals surface area contributed by atoms with Crippen molar-refractivity contribution in [2.75, 3.05) is 13.1 Å². The molecule has 7 nitrogen and oxygen atoms in total. The molecular weight excluding hydrogens is 379 g/mol. The summed E-state index contributed by atoms with van der Waals surface area (Å²) >= 11 is 0. The van der Waals surface area contributed by atoms with Gasteiger partial charge in [0.2, 0.25) is 5.91 Å². The molecule has 8 heteroatoms. The van der Waals surface area contributed by atoms with Gasteiger partial charge >= 0.3 is 6.09 Å². The normalized spacial score (nSPS) is 16.9. The van der Waals surface area contributed by atoms with Gasteiger partial charge in [0.25, 0.3) is 0 Å². The average Bonchev–Trinajstić information content (AvgIpc) is 2.59. The van der Waals surface area contributed by atoms with Crippen molar-refractivity contribution in [3.8, 4) is 5.75 Å². The van der Waals surface area contributed by atoms with Crippen LogP contribution < -0.4 is 10.1 Å². The second-order valence-electron chi connectivity index (χ2n) is 8.83. The van der Waals surface area contributed by atoms with Gasteiger partial charge in [-0.05, 0) is 58.9 Å². The standard InChI is InChI=1S/C21H31FN2O5/c1-20(2,3)29-19(26)23-17(21(4,5)27)18(25)24-12-10-16(11-13-24)28-15-8-6-14(22)7-9-15/h6-9,16-17,27H,10-13H2,1-5H3,(H,23,26)/t17-/m1/s1. The van der Waals surface area contributed by atoms with Gasteiger partial charge in [-0.1, -0.05) is 0 Å². The van der Waals surface area contributed by atoms with Crippen LogP contribution in [0, 0.1) is 5.82 Å². The molecule has 0 saturated carbocycles. The highest BCUT2D eigenvalue weighted by atomic mass is 19.1. The molecule has 1 heterocycles. The number of rotatable bonds is 5. The van der Waals surface area contributed by atoms with E-state index in [9.17, 15) is 19.1 Å². The Balaban J connectivity index is 1.95. The van der Waals surface area contributed by atoms with Crippen LogP contribution in [0.15, 0.2) is 24.3 Å². The lowest BCUT2D eigenvalue weighted by Gasteiger charge is -2.37. The summed E-state index contributed by atoms with van der Waals surface area (Å²) in [7, 11) is 0. The van der Waals surface area contributed by atoms with Crippen molar-refractivity contribution in [2.45, 2.75) is 70.8 Å². The molecule has 0 unspecified atom stereocenters. The zero-order valence-electron chi connectivity index (χ0n) is 17.7. The summed E-state index contributed by atoms with van der Waals surface area (Å²) in [5.41, 5.74) is -2.18. The van der Waals surface area contributed by atoms with Gasteiger partial charge in [-0.15, -0.1) is 0 Å². The predicted molar refractivity (Wildman–Crippen MR) is 106 cm³/mol. The van der Waals surface area contributed by atoms with Crippen LogP contribution in [0.3, 0.4) is 0 Å². The molecule has 1 saturated heterocycles. The topological polar surface area (TPSA) is 88.1 Å². The van der Waals surface area contributed by atoms with E-state index in [1.54, 1.807) is 37.8 Å². The quantitative estimate of drug-likeness (QED) is 0.779. The first kappa shape index (κ1) is 22.9. The summed E-state index contributed by atoms with van der Waals surface area (Å²) in [6, 6.07) is 4.69. The average molecular weight is 410 g/mol. The minimum atomic E-state index is -1.46. The Bertz CT molecular complexity index is 701. The molecule has 1 aliphatic heterocycles. The highest BCUT2D eigenvalue weighted by molar-refractivity contribution is 5.87. The van der Waals surface area contributed by atoms with E-state index < -0.39 is 23.3 Å². The van der Waals surface area contributed by atoms with E-state index in [4.69, 9.17) is 9.47 Å². The molecule has 0 aromatic heterocycles. The first-order chi connectivity index (χ1) is 13.3. The van der Waals surface area contributed by atoms with Crippen molar-refractivity contribution < 1.29 is 28.6 Å². The molecule has 2 N–H and O–H groups in total. The van der Waals surface area contributed by atoms with Gasteiger partial charge in [0.05, 0.1) is 5.60 Å². The molecule has 0 spiro atoms. The molecule has 1 aliphatic rings. The summed E-state index contributed by atoms with van der Waals surface area (Å²) < 4.78 is 24.1. The maximum absolute atomic E-state index is 13.0. The van der Waals surface area contributed by atoms with Gasteiger partial charge in [0.1, 0.15) is 29.3 Å². The minimum Gasteiger partial charge on any atom is -0.490 e. The molecule has 29 heavy (non-hydrogen) atoms. The summed E-state index contributed by atoms with van der Waals surface area (Å²) in [6.07, 6.45) is 0.332. The molecule has 1 aromatic rings. The molecule has 0 bridgehead atoms. The second-order valence-corrected chi connectivity index (χ2v) is 8.83. The van der Waals surface area contributed by atoms with Gasteiger partial charge in [-0.25, -0.2) is 9.18 Å². The number of benzene rings is 1. The van der Waals surface area contributed by atoms with Crippen LogP contribution in [0.5, 0.6) is 5.75 Å². The maximum atomic E-state index is 13.0. The lowest BCUT2D eigenvalue weighted by atomic mass is 9.96. The number of alkyl carbamates (subject to hydrolysis) is 1. The third-order valence-corrected chi connectivity index (χ3v) is 4.48. The Morgan fingerprint density at radius 2 is 1.69 bits per heavy atom. The first-order valence-electron chi connectivity index (χ1n) is 9.78. The van der Waals surface area contributed by atoms with Crippen LogP contribution >= 0.6 is 0 Å². The fraction of sp³-hybridized carbons (Fsp3) is 0.619. The van der Waals surface area contributed by atoms with E-state index in [2.05, 4.69) is 5.32 Å². The molecule has 2 amide bonds. The molecular formula is C21H31FN2O5. The Labute approximate surface area is 171 Å². The monoisotopic (exact) mass is 410 g/mol. The number of carbonyl (C=O) groups is 2. The smallest absolute Gasteiger partial charge is 0.408 e. The number of halogens is 1. The minimum absolute atomic E-state index is 0.0936. The van der Waals surface area contributed by atoms with Crippen LogP contribution in [0.25, 0.3) is 0 Å². The summed E-state index contributed by atoms with van der Waals surface area (Å²) in [6.45, 7) is 8.95. The number of hydrogen-bond donors (Lipinski definition) is 2. The zero-order valence-corrected chi connectivity index (χ0v) is 17.7. The van der Waals surface area contributed by atoms with Crippen LogP contribution in [0.1, 0.15) is 47.5 Å². The number of carbonyl (C=O) groups excluding carboxylic acids is 2. The van der Waals surface area contributed by atoms with Crippen LogP contribution in [0.4, 0.5) is 9.18 Å². The van der Waals surface area contributed by atoms with E-state index in [0.29, 0.717) is 31.7 Å². The van der Waals surface area contributed by atoms with E-state index in [1.165, 1.54) is 26.0 Å². The summed E-state index contributed by atoms with van der Waals surface area (Å²) in [5, 5.41) is 12.9. The Kier molecular flexibility index (Phi) is 7.11. The van der Waals surface area contributed by atoms with E-state index in [0.717, 1.165) is 0 Å². The maximum Gasteiger partial charge on any atom is 0.408 e. The third kappa shape index (κ3) is 7.20. The second kappa shape index (κ2) is 8.98. The van der Waals surface area contributed by atoms with Crippen LogP contribution in [0.2, 0.25) is 0 Å². The van der Waals surface area contributed by atoms with Crippen molar-refractivity contribution in [1.29, 1.82) is 0 Å². The predicted octanol–water partition coefficient (Wildman–Crippen LogP) is 2.86. The lowest BCUT2D eigenvalue weighted by Crippen LogP contribution is -2.60. The number of hydrogen-bond acceptors (Lipinski definition) is 5. The molecule has 162 valence electrons. The number of nitrogens with one attached hydrogen (secondary N) is 1. The van der Waals surface area contributed by atoms with Gasteiger partial charge in [-0.2, -0.15) is 0 Å². The van der Waals surface area contributed by atoms with Crippen LogP contribution in [-0.4, -0.2) is 58.4 Å². The number of likely N-dealkylation sites (tertiary alicyclic amines) is 1. The third-order valence-electron chi connectivity index (χ3n) is 4.48. The molecule has 1 atom stereocenters. The molecule has 1 fully saturated rings. The SMILES string of the molecule is CC(C)(C)OC(=O)N[C@H](C(=O)N1CCC(Oc2ccc(F)cc2)CC1)C(C)(C)O. The Morgan fingerprint density at radius 3 is 2.17 bits per heavy atom. The molecule has 0 radical (unpaired) electrons. The molecule has 0 aliphatic carbocycles. The zero-order chi connectivity index (χ0) is 21.8. The Morgan fingerprint density at radius 1 is 1.14 bits per heavy atom. The van der Waals surface area contributed by atoms with Gasteiger partial charge in [0, 0.05) is 25.9 Å². The molecule has 2 rings (SSSR count). The number of ether oxygens (including phenoxy) is 2. The van der Waals surface area contributed by atoms with Crippen molar-refractivity contribution in [3.63, 3.8) is 0 Å². The number of nitrogens with zero attached hydrogens (tertiary/aromatic N) is 1. The fourth-order valence-electron chi connectivity index (χ4n) is 3.05. The lowest BCUT2D eigenvalue weighted by molar-refractivity contribution is -0.141. The number of aliphatic hydroxyl groups is 1. The summed E-state index contributed by atoms with van der Waals surface area (Å²) in [5.74, 6) is -0.117. The fourth-order valence-corrected chi connectivity index (χ4v) is 3.05. The van der Waals surface area contributed by atoms with Crippen molar-refractivity contribution >= 4 is 12.0 Å². The van der Waals surface area contributed by atoms with Crippen molar-refractivity contribution in [1.82, 2.24) is 10.2 Å². The number of piperidine rings is 1. The first-order valence-corrected chi connectivity index (χ1v) is 9.78. The highest BCUT2D eigenvalue weighted by Crippen LogP contribution is 2.21. The van der Waals surface area contributed by atoms with E-state index in [-0.39, 0.29) is 17.8 Å². The largest absolute Gasteiger partial charge is 0.490 e.